The van der Waals surface area contributed by atoms with E-state index in [2.05, 4.69) is 29.6 Å². The zero-order chi connectivity index (χ0) is 12.5. The second kappa shape index (κ2) is 4.58. The SMILES string of the molecule is NC1C=CC(C(=O)NCC2Cc3ccccc32)C1. The lowest BCUT2D eigenvalue weighted by molar-refractivity contribution is -0.123. The predicted octanol–water partition coefficient (Wildman–Crippen LogP) is 1.35. The third-order valence-corrected chi connectivity index (χ3v) is 3.94. The number of nitrogens with one attached hydrogen (secondary N) is 1. The number of carbonyl (C=O) groups excluding carboxylic acids is 1. The van der Waals surface area contributed by atoms with E-state index in [1.165, 1.54) is 11.1 Å². The maximum absolute atomic E-state index is 11.9. The number of nitrogens with two attached hydrogens (primary N) is 1. The van der Waals surface area contributed by atoms with Crippen LogP contribution in [0.3, 0.4) is 0 Å². The number of benzene rings is 1. The van der Waals surface area contributed by atoms with Crippen LogP contribution < -0.4 is 11.1 Å². The third kappa shape index (κ3) is 2.06. The molecule has 0 fully saturated rings. The van der Waals surface area contributed by atoms with Gasteiger partial charge in [-0.15, -0.1) is 0 Å². The second-order valence-corrected chi connectivity index (χ2v) is 5.24. The van der Waals surface area contributed by atoms with E-state index in [9.17, 15) is 4.79 Å². The number of amides is 1. The molecule has 2 aliphatic rings. The number of hydrogen-bond acceptors (Lipinski definition) is 2. The summed E-state index contributed by atoms with van der Waals surface area (Å²) in [6.07, 6.45) is 5.67. The second-order valence-electron chi connectivity index (χ2n) is 5.24. The lowest BCUT2D eigenvalue weighted by atomic mass is 9.77. The van der Waals surface area contributed by atoms with Crippen molar-refractivity contribution in [2.45, 2.75) is 24.8 Å². The molecule has 0 heterocycles. The largest absolute Gasteiger partial charge is 0.355 e. The van der Waals surface area contributed by atoms with Gasteiger partial charge in [0.25, 0.3) is 0 Å². The fraction of sp³-hybridized carbons (Fsp3) is 0.400. The highest BCUT2D eigenvalue weighted by atomic mass is 16.1. The fourth-order valence-corrected chi connectivity index (χ4v) is 2.82. The molecule has 1 aromatic rings. The van der Waals surface area contributed by atoms with Crippen molar-refractivity contribution in [1.29, 1.82) is 0 Å². The van der Waals surface area contributed by atoms with E-state index in [1.807, 2.05) is 12.2 Å². The number of hydrogen-bond donors (Lipinski definition) is 2. The minimum absolute atomic E-state index is 0.0321. The fourth-order valence-electron chi connectivity index (χ4n) is 2.82. The standard InChI is InChI=1S/C15H18N2O/c16-13-6-5-11(8-13)15(18)17-9-12-7-10-3-1-2-4-14(10)12/h1-6,11-13H,7-9,16H2,(H,17,18). The summed E-state index contributed by atoms with van der Waals surface area (Å²) in [5.74, 6) is 0.572. The highest BCUT2D eigenvalue weighted by Gasteiger charge is 2.27. The first-order valence-electron chi connectivity index (χ1n) is 6.53. The van der Waals surface area contributed by atoms with Crippen LogP contribution in [0.4, 0.5) is 0 Å². The van der Waals surface area contributed by atoms with Gasteiger partial charge in [0.2, 0.25) is 5.91 Å². The van der Waals surface area contributed by atoms with Crippen LogP contribution in [0.25, 0.3) is 0 Å². The Bertz CT molecular complexity index is 495. The topological polar surface area (TPSA) is 55.1 Å². The van der Waals surface area contributed by atoms with E-state index in [0.29, 0.717) is 5.92 Å². The average molecular weight is 242 g/mol. The zero-order valence-electron chi connectivity index (χ0n) is 10.3. The van der Waals surface area contributed by atoms with Crippen LogP contribution >= 0.6 is 0 Å². The maximum Gasteiger partial charge on any atom is 0.227 e. The van der Waals surface area contributed by atoms with Crippen LogP contribution in [0, 0.1) is 5.92 Å². The molecule has 3 atom stereocenters. The van der Waals surface area contributed by atoms with E-state index >= 15 is 0 Å². The monoisotopic (exact) mass is 242 g/mol. The van der Waals surface area contributed by atoms with Crippen LogP contribution in [0.15, 0.2) is 36.4 Å². The molecule has 18 heavy (non-hydrogen) atoms. The minimum atomic E-state index is -0.0321. The van der Waals surface area contributed by atoms with E-state index < -0.39 is 0 Å². The molecule has 3 nitrogen and oxygen atoms in total. The highest BCUT2D eigenvalue weighted by molar-refractivity contribution is 5.81. The Labute approximate surface area is 107 Å². The molecular formula is C15H18N2O. The van der Waals surface area contributed by atoms with Crippen LogP contribution in [0.2, 0.25) is 0 Å². The van der Waals surface area contributed by atoms with Gasteiger partial charge < -0.3 is 11.1 Å². The molecule has 1 aromatic carbocycles. The van der Waals surface area contributed by atoms with Gasteiger partial charge in [0, 0.05) is 18.5 Å². The summed E-state index contributed by atoms with van der Waals surface area (Å²) < 4.78 is 0. The summed E-state index contributed by atoms with van der Waals surface area (Å²) in [5, 5.41) is 3.04. The molecule has 0 spiro atoms. The third-order valence-electron chi connectivity index (χ3n) is 3.94. The Morgan fingerprint density at radius 2 is 2.17 bits per heavy atom. The molecule has 3 heteroatoms. The summed E-state index contributed by atoms with van der Waals surface area (Å²) in [6, 6.07) is 8.49. The van der Waals surface area contributed by atoms with Gasteiger partial charge in [0.15, 0.2) is 0 Å². The normalized spacial score (nSPS) is 28.6. The molecule has 3 unspecified atom stereocenters. The molecule has 0 aromatic heterocycles. The quantitative estimate of drug-likeness (QED) is 0.786. The van der Waals surface area contributed by atoms with Crippen LogP contribution in [0.5, 0.6) is 0 Å². The molecule has 3 rings (SSSR count). The van der Waals surface area contributed by atoms with Crippen LogP contribution in [0.1, 0.15) is 23.5 Å². The molecule has 3 N–H and O–H groups in total. The summed E-state index contributed by atoms with van der Waals surface area (Å²) in [5.41, 5.74) is 8.55. The van der Waals surface area contributed by atoms with E-state index in [1.54, 1.807) is 0 Å². The number of fused-ring (bicyclic) bond motifs is 1. The zero-order valence-corrected chi connectivity index (χ0v) is 10.3. The Balaban J connectivity index is 1.52. The van der Waals surface area contributed by atoms with Crippen molar-refractivity contribution in [2.75, 3.05) is 6.54 Å². The van der Waals surface area contributed by atoms with Gasteiger partial charge in [-0.1, -0.05) is 36.4 Å². The number of rotatable bonds is 3. The van der Waals surface area contributed by atoms with Gasteiger partial charge in [-0.05, 0) is 24.0 Å². The smallest absolute Gasteiger partial charge is 0.227 e. The maximum atomic E-state index is 11.9. The van der Waals surface area contributed by atoms with Crippen molar-refractivity contribution in [1.82, 2.24) is 5.32 Å². The molecule has 0 saturated carbocycles. The summed E-state index contributed by atoms with van der Waals surface area (Å²) in [6.45, 7) is 0.745. The lowest BCUT2D eigenvalue weighted by Gasteiger charge is -2.30. The van der Waals surface area contributed by atoms with Gasteiger partial charge in [0.05, 0.1) is 5.92 Å². The Hall–Kier alpha value is -1.61. The Morgan fingerprint density at radius 3 is 2.89 bits per heavy atom. The van der Waals surface area contributed by atoms with Crippen molar-refractivity contribution >= 4 is 5.91 Å². The number of carbonyl (C=O) groups is 1. The summed E-state index contributed by atoms with van der Waals surface area (Å²) >= 11 is 0. The molecule has 1 amide bonds. The van der Waals surface area contributed by atoms with Crippen LogP contribution in [-0.4, -0.2) is 18.5 Å². The van der Waals surface area contributed by atoms with Gasteiger partial charge in [0.1, 0.15) is 0 Å². The van der Waals surface area contributed by atoms with Crippen molar-refractivity contribution in [3.05, 3.63) is 47.5 Å². The Kier molecular flexibility index (Phi) is 2.92. The molecular weight excluding hydrogens is 224 g/mol. The molecule has 0 bridgehead atoms. The van der Waals surface area contributed by atoms with Crippen molar-refractivity contribution in [3.8, 4) is 0 Å². The van der Waals surface area contributed by atoms with Gasteiger partial charge >= 0.3 is 0 Å². The van der Waals surface area contributed by atoms with Crippen molar-refractivity contribution in [3.63, 3.8) is 0 Å². The van der Waals surface area contributed by atoms with Gasteiger partial charge in [-0.25, -0.2) is 0 Å². The molecule has 0 saturated heterocycles. The first-order chi connectivity index (χ1) is 8.74. The molecule has 94 valence electrons. The highest BCUT2D eigenvalue weighted by Crippen LogP contribution is 2.34. The first-order valence-corrected chi connectivity index (χ1v) is 6.53. The lowest BCUT2D eigenvalue weighted by Crippen LogP contribution is -2.36. The van der Waals surface area contributed by atoms with Gasteiger partial charge in [-0.2, -0.15) is 0 Å². The summed E-state index contributed by atoms with van der Waals surface area (Å²) in [7, 11) is 0. The average Bonchev–Trinajstić information content (AvgIpc) is 2.77. The Morgan fingerprint density at radius 1 is 1.33 bits per heavy atom. The molecule has 0 radical (unpaired) electrons. The van der Waals surface area contributed by atoms with E-state index in [0.717, 1.165) is 19.4 Å². The van der Waals surface area contributed by atoms with Gasteiger partial charge in [-0.3, -0.25) is 4.79 Å². The predicted molar refractivity (Wildman–Crippen MR) is 71.1 cm³/mol. The molecule has 2 aliphatic carbocycles. The minimum Gasteiger partial charge on any atom is -0.355 e. The first kappa shape index (κ1) is 11.5. The van der Waals surface area contributed by atoms with E-state index in [-0.39, 0.29) is 17.9 Å². The molecule has 0 aliphatic heterocycles. The van der Waals surface area contributed by atoms with E-state index in [4.69, 9.17) is 5.73 Å². The van der Waals surface area contributed by atoms with Crippen LogP contribution in [-0.2, 0) is 11.2 Å². The van der Waals surface area contributed by atoms with Crippen molar-refractivity contribution in [2.24, 2.45) is 11.7 Å². The van der Waals surface area contributed by atoms with Crippen molar-refractivity contribution < 1.29 is 4.79 Å². The summed E-state index contributed by atoms with van der Waals surface area (Å²) in [4.78, 5) is 11.9.